The van der Waals surface area contributed by atoms with Gasteiger partial charge in [0.15, 0.2) is 0 Å². The van der Waals surface area contributed by atoms with Crippen molar-refractivity contribution in [3.63, 3.8) is 0 Å². The Morgan fingerprint density at radius 3 is 2.47 bits per heavy atom. The van der Waals surface area contributed by atoms with Crippen molar-refractivity contribution in [3.05, 3.63) is 46.8 Å². The fourth-order valence-electron chi connectivity index (χ4n) is 2.50. The zero-order valence-electron chi connectivity index (χ0n) is 10.6. The zero-order chi connectivity index (χ0) is 13.2. The molecule has 5 heteroatoms. The van der Waals surface area contributed by atoms with Crippen molar-refractivity contribution in [1.82, 2.24) is 15.5 Å². The number of rotatable bonds is 2. The van der Waals surface area contributed by atoms with Gasteiger partial charge in [0.25, 0.3) is 0 Å². The molecule has 0 aliphatic carbocycles. The average molecular weight is 261 g/mol. The van der Waals surface area contributed by atoms with Gasteiger partial charge in [-0.15, -0.1) is 0 Å². The summed E-state index contributed by atoms with van der Waals surface area (Å²) in [5.74, 6) is -0.261. The number of benzene rings is 1. The summed E-state index contributed by atoms with van der Waals surface area (Å²) in [6, 6.07) is 6.11. The zero-order valence-corrected chi connectivity index (χ0v) is 10.6. The van der Waals surface area contributed by atoms with E-state index in [-0.39, 0.29) is 11.8 Å². The first-order valence-corrected chi connectivity index (χ1v) is 6.40. The molecule has 0 atom stereocenters. The Bertz CT molecular complexity index is 508. The predicted molar refractivity (Wildman–Crippen MR) is 70.1 cm³/mol. The number of carbonyl (C=O) groups excluding carboxylic acids is 1. The van der Waals surface area contributed by atoms with Crippen LogP contribution < -0.4 is 10.6 Å². The van der Waals surface area contributed by atoms with Gasteiger partial charge < -0.3 is 15.5 Å². The third kappa shape index (κ3) is 2.61. The Labute approximate surface area is 111 Å². The summed E-state index contributed by atoms with van der Waals surface area (Å²) in [6.45, 7) is 3.67. The van der Waals surface area contributed by atoms with Crippen molar-refractivity contribution in [3.8, 4) is 0 Å². The number of nitrogens with zero attached hydrogens (tertiary/aromatic N) is 1. The molecule has 0 spiro atoms. The molecule has 1 aromatic carbocycles. The van der Waals surface area contributed by atoms with Crippen molar-refractivity contribution >= 4 is 6.03 Å². The molecule has 2 amide bonds. The van der Waals surface area contributed by atoms with Gasteiger partial charge in [0.2, 0.25) is 0 Å². The number of hydrogen-bond acceptors (Lipinski definition) is 2. The number of amides is 2. The van der Waals surface area contributed by atoms with Gasteiger partial charge in [0, 0.05) is 32.7 Å². The lowest BCUT2D eigenvalue weighted by Crippen LogP contribution is -2.40. The first-order valence-electron chi connectivity index (χ1n) is 6.40. The monoisotopic (exact) mass is 261 g/mol. The highest BCUT2D eigenvalue weighted by molar-refractivity contribution is 5.75. The number of hydrogen-bond donors (Lipinski definition) is 2. The van der Waals surface area contributed by atoms with Gasteiger partial charge in [-0.3, -0.25) is 0 Å². The highest BCUT2D eigenvalue weighted by Crippen LogP contribution is 2.20. The molecule has 0 fully saturated rings. The fraction of sp³-hybridized carbons (Fsp3) is 0.357. The first-order chi connectivity index (χ1) is 9.22. The molecule has 19 heavy (non-hydrogen) atoms. The predicted octanol–water partition coefficient (Wildman–Crippen LogP) is 1.25. The molecule has 2 heterocycles. The van der Waals surface area contributed by atoms with Crippen molar-refractivity contribution in [2.24, 2.45) is 0 Å². The van der Waals surface area contributed by atoms with Gasteiger partial charge >= 0.3 is 6.03 Å². The molecule has 0 saturated heterocycles. The molecule has 100 valence electrons. The van der Waals surface area contributed by atoms with Crippen LogP contribution in [0.1, 0.15) is 5.56 Å². The van der Waals surface area contributed by atoms with Crippen LogP contribution in [0.2, 0.25) is 0 Å². The van der Waals surface area contributed by atoms with E-state index in [9.17, 15) is 9.18 Å². The van der Waals surface area contributed by atoms with E-state index in [1.54, 1.807) is 12.1 Å². The molecule has 2 N–H and O–H groups in total. The van der Waals surface area contributed by atoms with Gasteiger partial charge in [-0.25, -0.2) is 9.18 Å². The van der Waals surface area contributed by atoms with E-state index in [0.717, 1.165) is 31.7 Å². The van der Waals surface area contributed by atoms with Crippen LogP contribution in [0.5, 0.6) is 0 Å². The van der Waals surface area contributed by atoms with E-state index >= 15 is 0 Å². The Balaban J connectivity index is 1.51. The Hall–Kier alpha value is -1.88. The average Bonchev–Trinajstić information content (AvgIpc) is 2.98. The maximum absolute atomic E-state index is 12.8. The van der Waals surface area contributed by atoms with Crippen LogP contribution in [0.15, 0.2) is 35.4 Å². The largest absolute Gasteiger partial charge is 0.334 e. The molecule has 4 nitrogen and oxygen atoms in total. The van der Waals surface area contributed by atoms with E-state index in [1.165, 1.54) is 23.3 Å². The number of nitrogens with one attached hydrogen (secondary N) is 2. The van der Waals surface area contributed by atoms with E-state index in [0.29, 0.717) is 6.54 Å². The summed E-state index contributed by atoms with van der Waals surface area (Å²) in [4.78, 5) is 13.8. The highest BCUT2D eigenvalue weighted by atomic mass is 19.1. The normalized spacial score (nSPS) is 17.8. The fourth-order valence-corrected chi connectivity index (χ4v) is 2.50. The molecular weight excluding hydrogens is 245 g/mol. The summed E-state index contributed by atoms with van der Waals surface area (Å²) in [6.07, 6.45) is 0. The second-order valence-corrected chi connectivity index (χ2v) is 4.95. The third-order valence-electron chi connectivity index (χ3n) is 3.58. The van der Waals surface area contributed by atoms with Crippen molar-refractivity contribution in [1.29, 1.82) is 0 Å². The summed E-state index contributed by atoms with van der Waals surface area (Å²) in [5.41, 5.74) is 3.59. The quantitative estimate of drug-likeness (QED) is 0.787. The van der Waals surface area contributed by atoms with E-state index in [2.05, 4.69) is 10.6 Å². The lowest BCUT2D eigenvalue weighted by Gasteiger charge is -2.19. The minimum Gasteiger partial charge on any atom is -0.334 e. The molecule has 0 unspecified atom stereocenters. The molecule has 2 aliphatic rings. The summed E-state index contributed by atoms with van der Waals surface area (Å²) < 4.78 is 12.8. The highest BCUT2D eigenvalue weighted by Gasteiger charge is 2.27. The van der Waals surface area contributed by atoms with Gasteiger partial charge in [0.05, 0.1) is 0 Å². The maximum Gasteiger partial charge on any atom is 0.318 e. The Morgan fingerprint density at radius 2 is 1.84 bits per heavy atom. The second-order valence-electron chi connectivity index (χ2n) is 4.95. The molecule has 0 radical (unpaired) electrons. The first kappa shape index (κ1) is 12.2. The van der Waals surface area contributed by atoms with Crippen molar-refractivity contribution in [2.75, 3.05) is 26.2 Å². The maximum atomic E-state index is 12.8. The molecular formula is C14H16FN3O. The van der Waals surface area contributed by atoms with E-state index in [1.807, 2.05) is 4.90 Å². The van der Waals surface area contributed by atoms with E-state index < -0.39 is 0 Å². The van der Waals surface area contributed by atoms with Crippen LogP contribution in [-0.4, -0.2) is 37.1 Å². The standard InChI is InChI=1S/C14H16FN3O/c15-13-3-1-10(2-4-13)5-17-14(19)18-8-11-6-16-7-12(11)9-18/h1-4,16H,5-9H2,(H,17,19). The van der Waals surface area contributed by atoms with Crippen LogP contribution in [0, 0.1) is 5.82 Å². The molecule has 0 saturated carbocycles. The van der Waals surface area contributed by atoms with Crippen LogP contribution in [-0.2, 0) is 6.54 Å². The van der Waals surface area contributed by atoms with Crippen LogP contribution in [0.3, 0.4) is 0 Å². The Morgan fingerprint density at radius 1 is 1.21 bits per heavy atom. The van der Waals surface area contributed by atoms with E-state index in [4.69, 9.17) is 0 Å². The van der Waals surface area contributed by atoms with Crippen LogP contribution in [0.25, 0.3) is 0 Å². The number of halogens is 1. The topological polar surface area (TPSA) is 44.4 Å². The Kier molecular flexibility index (Phi) is 3.21. The molecule has 0 aromatic heterocycles. The summed E-state index contributed by atoms with van der Waals surface area (Å²) in [7, 11) is 0. The molecule has 1 aromatic rings. The minimum absolute atomic E-state index is 0.0567. The SMILES string of the molecule is O=C(NCc1ccc(F)cc1)N1CC2=C(CNC2)C1. The van der Waals surface area contributed by atoms with Crippen molar-refractivity contribution < 1.29 is 9.18 Å². The minimum atomic E-state index is -0.261. The number of urea groups is 1. The molecule has 3 rings (SSSR count). The third-order valence-corrected chi connectivity index (χ3v) is 3.58. The lowest BCUT2D eigenvalue weighted by molar-refractivity contribution is 0.208. The molecule has 0 bridgehead atoms. The lowest BCUT2D eigenvalue weighted by atomic mass is 10.2. The van der Waals surface area contributed by atoms with Gasteiger partial charge in [-0.05, 0) is 28.8 Å². The van der Waals surface area contributed by atoms with Crippen molar-refractivity contribution in [2.45, 2.75) is 6.54 Å². The number of carbonyl (C=O) groups is 1. The smallest absolute Gasteiger partial charge is 0.318 e. The van der Waals surface area contributed by atoms with Gasteiger partial charge in [-0.1, -0.05) is 12.1 Å². The van der Waals surface area contributed by atoms with Gasteiger partial charge in [0.1, 0.15) is 5.82 Å². The van der Waals surface area contributed by atoms with Gasteiger partial charge in [-0.2, -0.15) is 0 Å². The van der Waals surface area contributed by atoms with Crippen LogP contribution >= 0.6 is 0 Å². The van der Waals surface area contributed by atoms with Crippen LogP contribution in [0.4, 0.5) is 9.18 Å². The second kappa shape index (κ2) is 5.01. The molecule has 2 aliphatic heterocycles. The summed E-state index contributed by atoms with van der Waals surface area (Å²) >= 11 is 0. The summed E-state index contributed by atoms with van der Waals surface area (Å²) in [5, 5.41) is 6.15.